The van der Waals surface area contributed by atoms with Gasteiger partial charge < -0.3 is 14.8 Å². The van der Waals surface area contributed by atoms with Crippen molar-refractivity contribution in [3.8, 4) is 11.5 Å². The summed E-state index contributed by atoms with van der Waals surface area (Å²) in [5.41, 5.74) is 1.98. The van der Waals surface area contributed by atoms with E-state index in [1.165, 1.54) is 7.11 Å². The number of benzene rings is 2. The van der Waals surface area contributed by atoms with Crippen molar-refractivity contribution in [2.75, 3.05) is 19.5 Å². The van der Waals surface area contributed by atoms with Crippen LogP contribution in [0.1, 0.15) is 15.9 Å². The molecule has 1 amide bonds. The Kier molecular flexibility index (Phi) is 5.54. The second-order valence-corrected chi connectivity index (χ2v) is 5.17. The third kappa shape index (κ3) is 3.98. The van der Waals surface area contributed by atoms with E-state index in [2.05, 4.69) is 10.6 Å². The summed E-state index contributed by atoms with van der Waals surface area (Å²) < 4.78 is 10.5. The fourth-order valence-corrected chi connectivity index (χ4v) is 2.38. The lowest BCUT2D eigenvalue weighted by Gasteiger charge is -2.14. The summed E-state index contributed by atoms with van der Waals surface area (Å²) in [7, 11) is 3.10. The van der Waals surface area contributed by atoms with Gasteiger partial charge in [-0.25, -0.2) is 0 Å². The molecule has 2 N–H and O–H groups in total. The van der Waals surface area contributed by atoms with E-state index in [-0.39, 0.29) is 11.0 Å². The highest BCUT2D eigenvalue weighted by molar-refractivity contribution is 7.80. The van der Waals surface area contributed by atoms with Crippen molar-refractivity contribution < 1.29 is 14.3 Å². The van der Waals surface area contributed by atoms with Crippen molar-refractivity contribution in [2.45, 2.75) is 6.92 Å². The van der Waals surface area contributed by atoms with Crippen molar-refractivity contribution in [1.29, 1.82) is 0 Å². The van der Waals surface area contributed by atoms with Gasteiger partial charge in [0.25, 0.3) is 5.91 Å². The molecule has 0 radical (unpaired) electrons. The molecule has 0 spiro atoms. The lowest BCUT2D eigenvalue weighted by molar-refractivity contribution is 0.0974. The summed E-state index contributed by atoms with van der Waals surface area (Å²) in [6.45, 7) is 1.88. The van der Waals surface area contributed by atoms with Gasteiger partial charge in [0, 0.05) is 0 Å². The van der Waals surface area contributed by atoms with Crippen molar-refractivity contribution in [3.63, 3.8) is 0 Å². The summed E-state index contributed by atoms with van der Waals surface area (Å²) in [5.74, 6) is 0.834. The molecule has 0 unspecified atom stereocenters. The molecule has 0 aromatic heterocycles. The molecule has 6 heteroatoms. The predicted octanol–water partition coefficient (Wildman–Crippen LogP) is 3.14. The first-order chi connectivity index (χ1) is 11.1. The molecule has 23 heavy (non-hydrogen) atoms. The van der Waals surface area contributed by atoms with Gasteiger partial charge in [-0.2, -0.15) is 0 Å². The zero-order valence-corrected chi connectivity index (χ0v) is 14.0. The fourth-order valence-electron chi connectivity index (χ4n) is 2.17. The van der Waals surface area contributed by atoms with E-state index in [1.54, 1.807) is 25.3 Å². The number of hydrogen-bond acceptors (Lipinski definition) is 4. The second-order valence-electron chi connectivity index (χ2n) is 4.76. The summed E-state index contributed by atoms with van der Waals surface area (Å²) >= 11 is 5.19. The minimum Gasteiger partial charge on any atom is -0.496 e. The third-order valence-corrected chi connectivity index (χ3v) is 3.45. The van der Waals surface area contributed by atoms with E-state index in [4.69, 9.17) is 21.7 Å². The SMILES string of the molecule is COc1ccccc1NC(=S)NC(=O)c1cccc(C)c1OC. The van der Waals surface area contributed by atoms with E-state index in [0.717, 1.165) is 5.56 Å². The summed E-state index contributed by atoms with van der Waals surface area (Å²) in [6, 6.07) is 12.7. The maximum Gasteiger partial charge on any atom is 0.261 e. The number of anilines is 1. The first-order valence-corrected chi connectivity index (χ1v) is 7.36. The molecule has 120 valence electrons. The summed E-state index contributed by atoms with van der Waals surface area (Å²) in [5, 5.41) is 5.78. The molecule has 0 bridgehead atoms. The molecule has 2 aromatic carbocycles. The van der Waals surface area contributed by atoms with Gasteiger partial charge in [0.05, 0.1) is 25.5 Å². The molecule has 0 aliphatic rings. The van der Waals surface area contributed by atoms with Gasteiger partial charge in [0.15, 0.2) is 5.11 Å². The molecule has 0 saturated heterocycles. The van der Waals surface area contributed by atoms with Crippen LogP contribution in [0.2, 0.25) is 0 Å². The zero-order chi connectivity index (χ0) is 16.8. The Morgan fingerprint density at radius 1 is 1.04 bits per heavy atom. The number of amides is 1. The predicted molar refractivity (Wildman–Crippen MR) is 94.4 cm³/mol. The van der Waals surface area contributed by atoms with E-state index < -0.39 is 0 Å². The maximum atomic E-state index is 12.4. The number of para-hydroxylation sites is 3. The van der Waals surface area contributed by atoms with Crippen molar-refractivity contribution in [3.05, 3.63) is 53.6 Å². The lowest BCUT2D eigenvalue weighted by atomic mass is 10.1. The van der Waals surface area contributed by atoms with Crippen LogP contribution in [-0.2, 0) is 0 Å². The Bertz CT molecular complexity index is 732. The van der Waals surface area contributed by atoms with Gasteiger partial charge in [-0.3, -0.25) is 10.1 Å². The number of aryl methyl sites for hydroxylation is 1. The smallest absolute Gasteiger partial charge is 0.261 e. The molecule has 0 aliphatic heterocycles. The standard InChI is InChI=1S/C17H18N2O3S/c1-11-7-6-8-12(15(11)22-3)16(20)19-17(23)18-13-9-4-5-10-14(13)21-2/h4-10H,1-3H3,(H2,18,19,20,23). The molecular formula is C17H18N2O3S. The molecule has 2 rings (SSSR count). The van der Waals surface area contributed by atoms with E-state index in [9.17, 15) is 4.79 Å². The Balaban J connectivity index is 2.12. The molecule has 0 fully saturated rings. The number of nitrogens with one attached hydrogen (secondary N) is 2. The number of carbonyl (C=O) groups excluding carboxylic acids is 1. The van der Waals surface area contributed by atoms with Crippen LogP contribution in [0.4, 0.5) is 5.69 Å². The van der Waals surface area contributed by atoms with Crippen LogP contribution in [-0.4, -0.2) is 25.2 Å². The van der Waals surface area contributed by atoms with Crippen molar-refractivity contribution >= 4 is 28.9 Å². The van der Waals surface area contributed by atoms with Crippen LogP contribution >= 0.6 is 12.2 Å². The Morgan fingerprint density at radius 2 is 1.78 bits per heavy atom. The zero-order valence-electron chi connectivity index (χ0n) is 13.2. The average molecular weight is 330 g/mol. The first kappa shape index (κ1) is 16.8. The largest absolute Gasteiger partial charge is 0.496 e. The number of ether oxygens (including phenoxy) is 2. The second kappa shape index (κ2) is 7.60. The van der Waals surface area contributed by atoms with Gasteiger partial charge in [-0.05, 0) is 42.9 Å². The van der Waals surface area contributed by atoms with Crippen LogP contribution in [0.5, 0.6) is 11.5 Å². The van der Waals surface area contributed by atoms with Gasteiger partial charge in [-0.15, -0.1) is 0 Å². The van der Waals surface area contributed by atoms with Crippen LogP contribution < -0.4 is 20.1 Å². The molecule has 0 atom stereocenters. The normalized spacial score (nSPS) is 9.87. The first-order valence-electron chi connectivity index (χ1n) is 6.95. The van der Waals surface area contributed by atoms with E-state index >= 15 is 0 Å². The lowest BCUT2D eigenvalue weighted by Crippen LogP contribution is -2.34. The number of rotatable bonds is 4. The highest BCUT2D eigenvalue weighted by atomic mass is 32.1. The number of methoxy groups -OCH3 is 2. The van der Waals surface area contributed by atoms with Crippen LogP contribution in [0.15, 0.2) is 42.5 Å². The monoisotopic (exact) mass is 330 g/mol. The van der Waals surface area contributed by atoms with Crippen LogP contribution in [0, 0.1) is 6.92 Å². The molecule has 0 aliphatic carbocycles. The molecule has 0 heterocycles. The molecule has 2 aromatic rings. The number of hydrogen-bond donors (Lipinski definition) is 2. The van der Waals surface area contributed by atoms with Gasteiger partial charge >= 0.3 is 0 Å². The average Bonchev–Trinajstić information content (AvgIpc) is 2.54. The number of carbonyl (C=O) groups is 1. The maximum absolute atomic E-state index is 12.4. The van der Waals surface area contributed by atoms with Gasteiger partial charge in [-0.1, -0.05) is 24.3 Å². The Morgan fingerprint density at radius 3 is 2.48 bits per heavy atom. The minimum atomic E-state index is -0.335. The van der Waals surface area contributed by atoms with Crippen LogP contribution in [0.3, 0.4) is 0 Å². The molecule has 5 nitrogen and oxygen atoms in total. The third-order valence-electron chi connectivity index (χ3n) is 3.24. The fraction of sp³-hybridized carbons (Fsp3) is 0.176. The van der Waals surface area contributed by atoms with Crippen molar-refractivity contribution in [2.24, 2.45) is 0 Å². The number of thiocarbonyl (C=S) groups is 1. The van der Waals surface area contributed by atoms with Crippen molar-refractivity contribution in [1.82, 2.24) is 5.32 Å². The summed E-state index contributed by atoms with van der Waals surface area (Å²) in [6.07, 6.45) is 0. The Labute approximate surface area is 140 Å². The molecular weight excluding hydrogens is 312 g/mol. The van der Waals surface area contributed by atoms with Gasteiger partial charge in [0.1, 0.15) is 11.5 Å². The minimum absolute atomic E-state index is 0.183. The highest BCUT2D eigenvalue weighted by Crippen LogP contribution is 2.24. The Hall–Kier alpha value is -2.60. The van der Waals surface area contributed by atoms with E-state index in [0.29, 0.717) is 22.7 Å². The van der Waals surface area contributed by atoms with Gasteiger partial charge in [0.2, 0.25) is 0 Å². The summed E-state index contributed by atoms with van der Waals surface area (Å²) in [4.78, 5) is 12.4. The highest BCUT2D eigenvalue weighted by Gasteiger charge is 2.15. The molecule has 0 saturated carbocycles. The van der Waals surface area contributed by atoms with E-state index in [1.807, 2.05) is 31.2 Å². The quantitative estimate of drug-likeness (QED) is 0.844. The van der Waals surface area contributed by atoms with Crippen LogP contribution in [0.25, 0.3) is 0 Å². The topological polar surface area (TPSA) is 59.6 Å².